The zero-order valence-electron chi connectivity index (χ0n) is 11.2. The molecule has 1 aromatic heterocycles. The molecule has 2 heterocycles. The summed E-state index contributed by atoms with van der Waals surface area (Å²) in [5, 5.41) is 3.00. The van der Waals surface area contributed by atoms with E-state index in [0.717, 1.165) is 24.8 Å². The predicted molar refractivity (Wildman–Crippen MR) is 77.9 cm³/mol. The lowest BCUT2D eigenvalue weighted by molar-refractivity contribution is 0.774. The standard InChI is InChI=1S/C11H20N6S/c1-12-9-13-10(16(2)3)15-11(14-9)17-5-4-7-18-8-6-17/h4-8H2,1-3H3,(H,12,13,14,15). The molecular weight excluding hydrogens is 248 g/mol. The second-order valence-electron chi connectivity index (χ2n) is 4.36. The molecule has 0 unspecified atom stereocenters. The summed E-state index contributed by atoms with van der Waals surface area (Å²) in [6.45, 7) is 2.03. The Morgan fingerprint density at radius 3 is 2.72 bits per heavy atom. The first-order valence-electron chi connectivity index (χ1n) is 6.14. The number of anilines is 3. The normalized spacial score (nSPS) is 16.3. The van der Waals surface area contributed by atoms with Crippen molar-refractivity contribution in [1.29, 1.82) is 0 Å². The highest BCUT2D eigenvalue weighted by atomic mass is 32.2. The summed E-state index contributed by atoms with van der Waals surface area (Å²) in [5.41, 5.74) is 0. The molecule has 2 rings (SSSR count). The molecule has 1 fully saturated rings. The van der Waals surface area contributed by atoms with Crippen LogP contribution in [0.25, 0.3) is 0 Å². The molecule has 0 saturated carbocycles. The number of nitrogens with zero attached hydrogens (tertiary/aromatic N) is 5. The van der Waals surface area contributed by atoms with Crippen molar-refractivity contribution in [2.75, 3.05) is 60.9 Å². The fraction of sp³-hybridized carbons (Fsp3) is 0.727. The van der Waals surface area contributed by atoms with Gasteiger partial charge in [-0.3, -0.25) is 0 Å². The van der Waals surface area contributed by atoms with Gasteiger partial charge in [-0.05, 0) is 12.2 Å². The van der Waals surface area contributed by atoms with Crippen molar-refractivity contribution in [3.8, 4) is 0 Å². The third kappa shape index (κ3) is 3.16. The molecule has 0 amide bonds. The zero-order chi connectivity index (χ0) is 13.0. The first-order valence-corrected chi connectivity index (χ1v) is 7.30. The number of hydrogen-bond acceptors (Lipinski definition) is 7. The summed E-state index contributed by atoms with van der Waals surface area (Å²) in [7, 11) is 5.71. The minimum Gasteiger partial charge on any atom is -0.357 e. The van der Waals surface area contributed by atoms with Crippen LogP contribution in [0.1, 0.15) is 6.42 Å². The van der Waals surface area contributed by atoms with Gasteiger partial charge >= 0.3 is 0 Å². The van der Waals surface area contributed by atoms with Crippen LogP contribution in [0.4, 0.5) is 17.8 Å². The van der Waals surface area contributed by atoms with Crippen LogP contribution >= 0.6 is 11.8 Å². The van der Waals surface area contributed by atoms with Gasteiger partial charge in [0.25, 0.3) is 0 Å². The van der Waals surface area contributed by atoms with Crippen molar-refractivity contribution >= 4 is 29.6 Å². The van der Waals surface area contributed by atoms with Crippen LogP contribution in [-0.2, 0) is 0 Å². The summed E-state index contributed by atoms with van der Waals surface area (Å²) in [4.78, 5) is 17.5. The van der Waals surface area contributed by atoms with Crippen LogP contribution < -0.4 is 15.1 Å². The van der Waals surface area contributed by atoms with Gasteiger partial charge in [0.2, 0.25) is 17.8 Å². The van der Waals surface area contributed by atoms with Crippen molar-refractivity contribution in [3.05, 3.63) is 0 Å². The molecule has 0 aromatic carbocycles. The second-order valence-corrected chi connectivity index (χ2v) is 5.58. The highest BCUT2D eigenvalue weighted by Gasteiger charge is 2.15. The zero-order valence-corrected chi connectivity index (χ0v) is 12.0. The van der Waals surface area contributed by atoms with E-state index in [1.54, 1.807) is 0 Å². The number of rotatable bonds is 3. The van der Waals surface area contributed by atoms with Crippen LogP contribution in [0.5, 0.6) is 0 Å². The fourth-order valence-corrected chi connectivity index (χ4v) is 2.64. The van der Waals surface area contributed by atoms with Gasteiger partial charge in [0, 0.05) is 40.0 Å². The molecule has 0 aliphatic carbocycles. The highest BCUT2D eigenvalue weighted by molar-refractivity contribution is 7.99. The Morgan fingerprint density at radius 1 is 1.17 bits per heavy atom. The van der Waals surface area contributed by atoms with Crippen LogP contribution in [0.15, 0.2) is 0 Å². The molecule has 0 radical (unpaired) electrons. The van der Waals surface area contributed by atoms with Crippen LogP contribution in [0, 0.1) is 0 Å². The van der Waals surface area contributed by atoms with E-state index >= 15 is 0 Å². The number of hydrogen-bond donors (Lipinski definition) is 1. The lowest BCUT2D eigenvalue weighted by Crippen LogP contribution is -2.29. The van der Waals surface area contributed by atoms with Gasteiger partial charge < -0.3 is 15.1 Å². The third-order valence-electron chi connectivity index (χ3n) is 2.74. The highest BCUT2D eigenvalue weighted by Crippen LogP contribution is 2.18. The summed E-state index contributed by atoms with van der Waals surface area (Å²) in [5.74, 6) is 4.46. The Kier molecular flexibility index (Phi) is 4.46. The Bertz CT molecular complexity index is 389. The molecule has 1 aliphatic rings. The number of thioether (sulfide) groups is 1. The predicted octanol–water partition coefficient (Wildman–Crippen LogP) is 0.923. The molecule has 7 heteroatoms. The summed E-state index contributed by atoms with van der Waals surface area (Å²) in [6, 6.07) is 0. The molecule has 18 heavy (non-hydrogen) atoms. The lowest BCUT2D eigenvalue weighted by Gasteiger charge is -2.21. The van der Waals surface area contributed by atoms with Gasteiger partial charge in [-0.15, -0.1) is 0 Å². The Balaban J connectivity index is 2.27. The summed E-state index contributed by atoms with van der Waals surface area (Å²) < 4.78 is 0. The molecule has 1 saturated heterocycles. The van der Waals surface area contributed by atoms with Gasteiger partial charge in [-0.1, -0.05) is 0 Å². The Hall–Kier alpha value is -1.24. The molecule has 0 atom stereocenters. The minimum absolute atomic E-state index is 0.626. The first-order chi connectivity index (χ1) is 8.70. The smallest absolute Gasteiger partial charge is 0.231 e. The van der Waals surface area contributed by atoms with E-state index in [2.05, 4.69) is 25.2 Å². The molecule has 6 nitrogen and oxygen atoms in total. The lowest BCUT2D eigenvalue weighted by atomic mass is 10.4. The summed E-state index contributed by atoms with van der Waals surface area (Å²) >= 11 is 2.00. The van der Waals surface area contributed by atoms with Gasteiger partial charge in [0.1, 0.15) is 0 Å². The molecule has 1 aliphatic heterocycles. The van der Waals surface area contributed by atoms with Crippen molar-refractivity contribution in [2.24, 2.45) is 0 Å². The molecule has 100 valence electrons. The molecule has 0 spiro atoms. The summed E-state index contributed by atoms with van der Waals surface area (Å²) in [6.07, 6.45) is 1.18. The van der Waals surface area contributed by atoms with E-state index in [4.69, 9.17) is 0 Å². The van der Waals surface area contributed by atoms with Crippen LogP contribution in [0.2, 0.25) is 0 Å². The topological polar surface area (TPSA) is 57.2 Å². The minimum atomic E-state index is 0.626. The fourth-order valence-electron chi connectivity index (χ4n) is 1.75. The SMILES string of the molecule is CNc1nc(N(C)C)nc(N2CCCSCC2)n1. The van der Waals surface area contributed by atoms with E-state index in [1.807, 2.05) is 37.8 Å². The van der Waals surface area contributed by atoms with Crippen LogP contribution in [-0.4, -0.2) is 60.7 Å². The molecule has 0 bridgehead atoms. The molecular formula is C11H20N6S. The van der Waals surface area contributed by atoms with E-state index < -0.39 is 0 Å². The maximum atomic E-state index is 4.53. The van der Waals surface area contributed by atoms with Crippen molar-refractivity contribution in [2.45, 2.75) is 6.42 Å². The van der Waals surface area contributed by atoms with E-state index in [9.17, 15) is 0 Å². The van der Waals surface area contributed by atoms with Gasteiger partial charge in [0.05, 0.1) is 0 Å². The van der Waals surface area contributed by atoms with Crippen molar-refractivity contribution in [3.63, 3.8) is 0 Å². The number of aromatic nitrogens is 3. The van der Waals surface area contributed by atoms with Gasteiger partial charge in [-0.25, -0.2) is 0 Å². The van der Waals surface area contributed by atoms with Gasteiger partial charge in [-0.2, -0.15) is 26.7 Å². The monoisotopic (exact) mass is 268 g/mol. The largest absolute Gasteiger partial charge is 0.357 e. The molecule has 1 N–H and O–H groups in total. The van der Waals surface area contributed by atoms with Crippen LogP contribution in [0.3, 0.4) is 0 Å². The van der Waals surface area contributed by atoms with Crippen molar-refractivity contribution < 1.29 is 0 Å². The third-order valence-corrected chi connectivity index (χ3v) is 3.79. The average molecular weight is 268 g/mol. The Labute approximate surface area is 112 Å². The maximum Gasteiger partial charge on any atom is 0.231 e. The number of nitrogens with one attached hydrogen (secondary N) is 1. The van der Waals surface area contributed by atoms with Crippen molar-refractivity contribution in [1.82, 2.24) is 15.0 Å². The second kappa shape index (κ2) is 6.08. The first kappa shape index (κ1) is 13.2. The molecule has 1 aromatic rings. The van der Waals surface area contributed by atoms with E-state index in [1.165, 1.54) is 12.2 Å². The maximum absolute atomic E-state index is 4.53. The van der Waals surface area contributed by atoms with E-state index in [0.29, 0.717) is 11.9 Å². The Morgan fingerprint density at radius 2 is 2.00 bits per heavy atom. The van der Waals surface area contributed by atoms with E-state index in [-0.39, 0.29) is 0 Å². The average Bonchev–Trinajstić information content (AvgIpc) is 2.67. The van der Waals surface area contributed by atoms with Gasteiger partial charge in [0.15, 0.2) is 0 Å². The quantitative estimate of drug-likeness (QED) is 0.875.